The zero-order chi connectivity index (χ0) is 25.9. The Balaban J connectivity index is 1.86. The summed E-state index contributed by atoms with van der Waals surface area (Å²) in [4.78, 5) is 8.88. The molecule has 4 nitrogen and oxygen atoms in total. The number of halogens is 5. The number of rotatable bonds is 6. The Bertz CT molecular complexity index is 1350. The predicted octanol–water partition coefficient (Wildman–Crippen LogP) is 6.98. The van der Waals surface area contributed by atoms with Crippen molar-refractivity contribution < 1.29 is 26.5 Å². The highest BCUT2D eigenvalue weighted by atomic mass is 31.2. The number of nitrogens with one attached hydrogen (secondary N) is 1. The minimum Gasteiger partial charge on any atom is -0.363 e. The van der Waals surface area contributed by atoms with Crippen LogP contribution in [-0.4, -0.2) is 29.7 Å². The summed E-state index contributed by atoms with van der Waals surface area (Å²) in [5.41, 5.74) is -0.734. The van der Waals surface area contributed by atoms with Crippen LogP contribution in [0.4, 0.5) is 27.8 Å². The molecule has 3 aromatic rings. The fourth-order valence-corrected chi connectivity index (χ4v) is 5.99. The van der Waals surface area contributed by atoms with Gasteiger partial charge < -0.3 is 9.88 Å². The largest absolute Gasteiger partial charge is 0.416 e. The number of hydrogen-bond acceptors (Lipinski definition) is 4. The average Bonchev–Trinajstić information content (AvgIpc) is 3.53. The van der Waals surface area contributed by atoms with Gasteiger partial charge in [-0.05, 0) is 81.8 Å². The summed E-state index contributed by atoms with van der Waals surface area (Å²) in [7, 11) is -2.91. The molecule has 1 aliphatic rings. The van der Waals surface area contributed by atoms with Gasteiger partial charge >= 0.3 is 6.18 Å². The maximum atomic E-state index is 14.1. The topological polar surface area (TPSA) is 54.9 Å². The first-order chi connectivity index (χ1) is 16.1. The van der Waals surface area contributed by atoms with Crippen molar-refractivity contribution in [3.8, 4) is 0 Å². The van der Waals surface area contributed by atoms with Crippen LogP contribution in [0.2, 0.25) is 0 Å². The van der Waals surface area contributed by atoms with Crippen molar-refractivity contribution >= 4 is 29.2 Å². The molecule has 1 fully saturated rings. The molecule has 0 unspecified atom stereocenters. The standard InChI is InChI=1S/C25H27F5N3OP/c1-13-16(7-6-8-18(13)25(28,29)30)14(2)31-22-17-11-19(24(9-10-24)23(26)27)21(35(4,5)34)12-20(17)32-15(3)33-22/h6-8,11-12,14,23H,9-10H2,1-5H3,(H,31,32,33)/t14-/m1/s1. The van der Waals surface area contributed by atoms with E-state index in [9.17, 15) is 26.5 Å². The lowest BCUT2D eigenvalue weighted by Gasteiger charge is -2.24. The highest BCUT2D eigenvalue weighted by Gasteiger charge is 2.54. The fourth-order valence-electron chi connectivity index (χ4n) is 4.69. The zero-order valence-electron chi connectivity index (χ0n) is 20.1. The third-order valence-corrected chi connectivity index (χ3v) is 8.28. The zero-order valence-corrected chi connectivity index (χ0v) is 21.0. The molecule has 0 saturated heterocycles. The monoisotopic (exact) mass is 511 g/mol. The number of hydrogen-bond donors (Lipinski definition) is 1. The lowest BCUT2D eigenvalue weighted by molar-refractivity contribution is -0.138. The number of fused-ring (bicyclic) bond motifs is 1. The lowest BCUT2D eigenvalue weighted by atomic mass is 9.94. The van der Waals surface area contributed by atoms with Gasteiger partial charge in [-0.15, -0.1) is 0 Å². The van der Waals surface area contributed by atoms with Gasteiger partial charge in [0.25, 0.3) is 0 Å². The van der Waals surface area contributed by atoms with E-state index in [-0.39, 0.29) is 5.56 Å². The van der Waals surface area contributed by atoms with Gasteiger partial charge in [0.1, 0.15) is 18.8 Å². The Kier molecular flexibility index (Phi) is 6.23. The summed E-state index contributed by atoms with van der Waals surface area (Å²) < 4.78 is 81.5. The predicted molar refractivity (Wildman–Crippen MR) is 128 cm³/mol. The molecule has 4 rings (SSSR count). The van der Waals surface area contributed by atoms with Gasteiger partial charge in [-0.1, -0.05) is 12.1 Å². The SMILES string of the molecule is Cc1nc(N[C@H](C)c2cccc(C(F)(F)F)c2C)c2cc(C3(C(F)F)CC3)c(P(C)(C)=O)cc2n1. The second-order valence-electron chi connectivity index (χ2n) is 9.70. The van der Waals surface area contributed by atoms with Crippen molar-refractivity contribution in [2.24, 2.45) is 0 Å². The molecule has 1 heterocycles. The molecular weight excluding hydrogens is 484 g/mol. The summed E-state index contributed by atoms with van der Waals surface area (Å²) in [5.74, 6) is 0.723. The molecule has 2 aromatic carbocycles. The van der Waals surface area contributed by atoms with E-state index in [1.165, 1.54) is 13.0 Å². The van der Waals surface area contributed by atoms with Gasteiger partial charge in [-0.3, -0.25) is 0 Å². The molecule has 0 bridgehead atoms. The normalized spacial score (nSPS) is 16.5. The molecule has 1 aliphatic carbocycles. The quantitative estimate of drug-likeness (QED) is 0.287. The molecule has 10 heteroatoms. The van der Waals surface area contributed by atoms with Crippen LogP contribution < -0.4 is 10.6 Å². The summed E-state index contributed by atoms with van der Waals surface area (Å²) in [6.07, 6.45) is -6.51. The molecule has 0 spiro atoms. The van der Waals surface area contributed by atoms with Crippen molar-refractivity contribution in [1.29, 1.82) is 0 Å². The lowest BCUT2D eigenvalue weighted by Crippen LogP contribution is -2.26. The van der Waals surface area contributed by atoms with E-state index in [1.807, 2.05) is 0 Å². The average molecular weight is 511 g/mol. The van der Waals surface area contributed by atoms with E-state index in [0.717, 1.165) is 6.07 Å². The van der Waals surface area contributed by atoms with Crippen molar-refractivity contribution in [1.82, 2.24) is 9.97 Å². The fraction of sp³-hybridized carbons (Fsp3) is 0.440. The molecular formula is C25H27F5N3OP. The van der Waals surface area contributed by atoms with Gasteiger partial charge in [-0.25, -0.2) is 18.7 Å². The molecule has 1 atom stereocenters. The van der Waals surface area contributed by atoms with Crippen molar-refractivity contribution in [2.75, 3.05) is 18.6 Å². The minimum absolute atomic E-state index is 0.102. The second kappa shape index (κ2) is 8.54. The molecule has 0 aliphatic heterocycles. The number of aromatic nitrogens is 2. The van der Waals surface area contributed by atoms with E-state index in [1.54, 1.807) is 45.4 Å². The number of anilines is 1. The van der Waals surface area contributed by atoms with E-state index in [4.69, 9.17) is 0 Å². The molecule has 35 heavy (non-hydrogen) atoms. The first-order valence-electron chi connectivity index (χ1n) is 11.2. The molecule has 1 aromatic heterocycles. The summed E-state index contributed by atoms with van der Waals surface area (Å²) in [5, 5.41) is 4.02. The van der Waals surface area contributed by atoms with E-state index in [0.29, 0.717) is 51.8 Å². The van der Waals surface area contributed by atoms with Crippen LogP contribution in [0, 0.1) is 13.8 Å². The van der Waals surface area contributed by atoms with Gasteiger partial charge in [0.2, 0.25) is 6.43 Å². The minimum atomic E-state index is -4.48. The van der Waals surface area contributed by atoms with Crippen LogP contribution in [0.3, 0.4) is 0 Å². The Morgan fingerprint density at radius 2 is 1.74 bits per heavy atom. The number of aryl methyl sites for hydroxylation is 1. The smallest absolute Gasteiger partial charge is 0.363 e. The summed E-state index contributed by atoms with van der Waals surface area (Å²) in [6, 6.07) is 6.65. The highest BCUT2D eigenvalue weighted by Crippen LogP contribution is 2.55. The Labute approximate surface area is 200 Å². The third-order valence-electron chi connectivity index (χ3n) is 6.75. The van der Waals surface area contributed by atoms with Gasteiger partial charge in [0.15, 0.2) is 0 Å². The Morgan fingerprint density at radius 1 is 1.09 bits per heavy atom. The summed E-state index contributed by atoms with van der Waals surface area (Å²) >= 11 is 0. The van der Waals surface area contributed by atoms with Crippen molar-refractivity contribution in [2.45, 2.75) is 57.7 Å². The van der Waals surface area contributed by atoms with Gasteiger partial charge in [0.05, 0.1) is 22.5 Å². The molecule has 0 amide bonds. The van der Waals surface area contributed by atoms with Crippen LogP contribution in [0.5, 0.6) is 0 Å². The van der Waals surface area contributed by atoms with E-state index >= 15 is 0 Å². The highest BCUT2D eigenvalue weighted by molar-refractivity contribution is 7.70. The van der Waals surface area contributed by atoms with Crippen molar-refractivity contribution in [3.63, 3.8) is 0 Å². The van der Waals surface area contributed by atoms with Crippen LogP contribution in [0.15, 0.2) is 30.3 Å². The first kappa shape index (κ1) is 25.5. The number of nitrogens with zero attached hydrogens (tertiary/aromatic N) is 2. The summed E-state index contributed by atoms with van der Waals surface area (Å²) in [6.45, 7) is 7.89. The van der Waals surface area contributed by atoms with Crippen LogP contribution >= 0.6 is 7.14 Å². The molecule has 188 valence electrons. The van der Waals surface area contributed by atoms with E-state index in [2.05, 4.69) is 15.3 Å². The van der Waals surface area contributed by atoms with Crippen LogP contribution in [0.1, 0.15) is 53.9 Å². The maximum absolute atomic E-state index is 14.1. The van der Waals surface area contributed by atoms with Gasteiger partial charge in [-0.2, -0.15) is 13.2 Å². The molecule has 0 radical (unpaired) electrons. The Hall–Kier alpha value is -2.54. The third kappa shape index (κ3) is 4.67. The second-order valence-corrected chi connectivity index (χ2v) is 12.9. The van der Waals surface area contributed by atoms with E-state index < -0.39 is 36.8 Å². The maximum Gasteiger partial charge on any atom is 0.416 e. The molecule has 1 N–H and O–H groups in total. The first-order valence-corrected chi connectivity index (χ1v) is 13.8. The molecule has 1 saturated carbocycles. The number of alkyl halides is 5. The van der Waals surface area contributed by atoms with Crippen molar-refractivity contribution in [3.05, 3.63) is 58.4 Å². The Morgan fingerprint density at radius 3 is 2.29 bits per heavy atom. The van der Waals surface area contributed by atoms with Crippen LogP contribution in [0.25, 0.3) is 10.9 Å². The number of benzene rings is 2. The van der Waals surface area contributed by atoms with Crippen LogP contribution in [-0.2, 0) is 16.2 Å². The van der Waals surface area contributed by atoms with Gasteiger partial charge in [0, 0.05) is 10.7 Å².